The van der Waals surface area contributed by atoms with Gasteiger partial charge in [-0.2, -0.15) is 0 Å². The predicted molar refractivity (Wildman–Crippen MR) is 87.2 cm³/mol. The van der Waals surface area contributed by atoms with Crippen LogP contribution in [-0.2, 0) is 9.53 Å². The van der Waals surface area contributed by atoms with Gasteiger partial charge in [0.1, 0.15) is 11.5 Å². The van der Waals surface area contributed by atoms with Crippen LogP contribution in [0.25, 0.3) is 11.3 Å². The van der Waals surface area contributed by atoms with E-state index >= 15 is 0 Å². The van der Waals surface area contributed by atoms with Gasteiger partial charge in [0, 0.05) is 24.7 Å². The van der Waals surface area contributed by atoms with E-state index in [-0.39, 0.29) is 29.4 Å². The van der Waals surface area contributed by atoms with Crippen molar-refractivity contribution in [3.05, 3.63) is 41.9 Å². The van der Waals surface area contributed by atoms with Crippen molar-refractivity contribution < 1.29 is 23.2 Å². The average Bonchev–Trinajstić information content (AvgIpc) is 3.12. The Morgan fingerprint density at radius 1 is 1.36 bits per heavy atom. The molecule has 1 aliphatic heterocycles. The molecule has 3 rings (SSSR count). The van der Waals surface area contributed by atoms with E-state index in [4.69, 9.17) is 9.26 Å². The quantitative estimate of drug-likeness (QED) is 0.796. The first-order valence-corrected chi connectivity index (χ1v) is 8.27. The molecule has 132 valence electrons. The van der Waals surface area contributed by atoms with Crippen LogP contribution in [0.2, 0.25) is 0 Å². The van der Waals surface area contributed by atoms with Gasteiger partial charge < -0.3 is 14.2 Å². The molecule has 0 N–H and O–H groups in total. The minimum atomic E-state index is -0.345. The fraction of sp³-hybridized carbons (Fsp3) is 0.389. The molecular weight excluding hydrogens is 327 g/mol. The van der Waals surface area contributed by atoms with Crippen LogP contribution in [0, 0.1) is 11.7 Å². The van der Waals surface area contributed by atoms with E-state index in [0.29, 0.717) is 37.4 Å². The second kappa shape index (κ2) is 7.46. The van der Waals surface area contributed by atoms with Crippen molar-refractivity contribution in [3.63, 3.8) is 0 Å². The molecule has 7 heteroatoms. The maximum Gasteiger partial charge on any atom is 0.310 e. The third-order valence-electron chi connectivity index (χ3n) is 4.19. The van der Waals surface area contributed by atoms with Crippen LogP contribution >= 0.6 is 0 Å². The van der Waals surface area contributed by atoms with Gasteiger partial charge in [0.05, 0.1) is 12.5 Å². The summed E-state index contributed by atoms with van der Waals surface area (Å²) in [4.78, 5) is 26.1. The number of hydrogen-bond acceptors (Lipinski definition) is 5. The number of amides is 1. The van der Waals surface area contributed by atoms with E-state index in [1.54, 1.807) is 24.0 Å². The second-order valence-corrected chi connectivity index (χ2v) is 5.93. The van der Waals surface area contributed by atoms with Crippen molar-refractivity contribution in [3.8, 4) is 11.3 Å². The topological polar surface area (TPSA) is 72.6 Å². The first kappa shape index (κ1) is 17.1. The zero-order valence-corrected chi connectivity index (χ0v) is 13.9. The molecule has 1 aromatic heterocycles. The van der Waals surface area contributed by atoms with Crippen LogP contribution in [0.3, 0.4) is 0 Å². The lowest BCUT2D eigenvalue weighted by Crippen LogP contribution is -2.42. The van der Waals surface area contributed by atoms with Gasteiger partial charge in [-0.25, -0.2) is 4.39 Å². The molecule has 1 aliphatic rings. The van der Waals surface area contributed by atoms with Crippen molar-refractivity contribution in [2.75, 3.05) is 19.7 Å². The SMILES string of the molecule is CCOC(=O)C1CCCN(C(=O)c2cc(-c3ccc(F)cc3)no2)C1. The molecule has 6 nitrogen and oxygen atoms in total. The molecule has 0 radical (unpaired) electrons. The summed E-state index contributed by atoms with van der Waals surface area (Å²) >= 11 is 0. The van der Waals surface area contributed by atoms with Gasteiger partial charge in [0.25, 0.3) is 5.91 Å². The number of carbonyl (C=O) groups is 2. The molecular formula is C18H19FN2O4. The van der Waals surface area contributed by atoms with Crippen molar-refractivity contribution in [2.24, 2.45) is 5.92 Å². The molecule has 0 saturated carbocycles. The second-order valence-electron chi connectivity index (χ2n) is 5.93. The number of aromatic nitrogens is 1. The summed E-state index contributed by atoms with van der Waals surface area (Å²) in [5.74, 6) is -1.14. The fourth-order valence-electron chi connectivity index (χ4n) is 2.90. The van der Waals surface area contributed by atoms with Crippen LogP contribution in [-0.4, -0.2) is 41.6 Å². The Labute approximate surface area is 144 Å². The standard InChI is InChI=1S/C18H19FN2O4/c1-2-24-18(23)13-4-3-9-21(11-13)17(22)16-10-15(20-25-16)12-5-7-14(19)8-6-12/h5-8,10,13H,2-4,9,11H2,1H3. The lowest BCUT2D eigenvalue weighted by Gasteiger charge is -2.30. The molecule has 2 aromatic rings. The number of rotatable bonds is 4. The van der Waals surface area contributed by atoms with E-state index in [1.807, 2.05) is 0 Å². The molecule has 0 spiro atoms. The number of benzene rings is 1. The van der Waals surface area contributed by atoms with E-state index in [0.717, 1.165) is 6.42 Å². The number of nitrogens with zero attached hydrogens (tertiary/aromatic N) is 2. The highest BCUT2D eigenvalue weighted by Gasteiger charge is 2.31. The molecule has 1 aromatic carbocycles. The minimum absolute atomic E-state index is 0.101. The van der Waals surface area contributed by atoms with E-state index < -0.39 is 0 Å². The van der Waals surface area contributed by atoms with Gasteiger partial charge in [-0.3, -0.25) is 9.59 Å². The van der Waals surface area contributed by atoms with Crippen LogP contribution in [0.15, 0.2) is 34.9 Å². The zero-order chi connectivity index (χ0) is 17.8. The smallest absolute Gasteiger partial charge is 0.310 e. The molecule has 0 aliphatic carbocycles. The summed E-state index contributed by atoms with van der Waals surface area (Å²) in [6.07, 6.45) is 1.44. The normalized spacial score (nSPS) is 17.4. The Balaban J connectivity index is 1.70. The van der Waals surface area contributed by atoms with Crippen molar-refractivity contribution >= 4 is 11.9 Å². The molecule has 1 saturated heterocycles. The van der Waals surface area contributed by atoms with Crippen molar-refractivity contribution in [1.29, 1.82) is 0 Å². The van der Waals surface area contributed by atoms with Crippen LogP contribution in [0.5, 0.6) is 0 Å². The highest BCUT2D eigenvalue weighted by molar-refractivity contribution is 5.92. The zero-order valence-electron chi connectivity index (χ0n) is 13.9. The predicted octanol–water partition coefficient (Wildman–Crippen LogP) is 2.90. The number of piperidine rings is 1. The Bertz CT molecular complexity index is 757. The van der Waals surface area contributed by atoms with Crippen LogP contribution in [0.4, 0.5) is 4.39 Å². The average molecular weight is 346 g/mol. The van der Waals surface area contributed by atoms with E-state index in [9.17, 15) is 14.0 Å². The molecule has 2 heterocycles. The Morgan fingerprint density at radius 3 is 2.84 bits per heavy atom. The summed E-state index contributed by atoms with van der Waals surface area (Å²) in [5.41, 5.74) is 1.12. The monoisotopic (exact) mass is 346 g/mol. The van der Waals surface area contributed by atoms with Gasteiger partial charge in [-0.1, -0.05) is 5.16 Å². The summed E-state index contributed by atoms with van der Waals surface area (Å²) in [6.45, 7) is 2.95. The lowest BCUT2D eigenvalue weighted by atomic mass is 9.98. The number of hydrogen-bond donors (Lipinski definition) is 0. The Morgan fingerprint density at radius 2 is 2.12 bits per heavy atom. The van der Waals surface area contributed by atoms with Gasteiger partial charge in [-0.15, -0.1) is 0 Å². The van der Waals surface area contributed by atoms with Crippen LogP contribution in [0.1, 0.15) is 30.3 Å². The van der Waals surface area contributed by atoms with Crippen LogP contribution < -0.4 is 0 Å². The number of likely N-dealkylation sites (tertiary alicyclic amines) is 1. The maximum absolute atomic E-state index is 13.0. The van der Waals surface area contributed by atoms with Crippen molar-refractivity contribution in [2.45, 2.75) is 19.8 Å². The minimum Gasteiger partial charge on any atom is -0.466 e. The molecule has 0 bridgehead atoms. The third kappa shape index (κ3) is 3.87. The number of halogens is 1. The number of esters is 1. The van der Waals surface area contributed by atoms with E-state index in [2.05, 4.69) is 5.16 Å². The van der Waals surface area contributed by atoms with Gasteiger partial charge >= 0.3 is 5.97 Å². The first-order chi connectivity index (χ1) is 12.1. The van der Waals surface area contributed by atoms with Gasteiger partial charge in [0.2, 0.25) is 5.76 Å². The van der Waals surface area contributed by atoms with Crippen molar-refractivity contribution in [1.82, 2.24) is 10.1 Å². The third-order valence-corrected chi connectivity index (χ3v) is 4.19. The highest BCUT2D eigenvalue weighted by Crippen LogP contribution is 2.23. The highest BCUT2D eigenvalue weighted by atomic mass is 19.1. The molecule has 1 atom stereocenters. The molecule has 1 fully saturated rings. The Kier molecular flexibility index (Phi) is 5.11. The fourth-order valence-corrected chi connectivity index (χ4v) is 2.90. The number of ether oxygens (including phenoxy) is 1. The summed E-state index contributed by atoms with van der Waals surface area (Å²) in [7, 11) is 0. The summed E-state index contributed by atoms with van der Waals surface area (Å²) in [6, 6.07) is 7.31. The van der Waals surface area contributed by atoms with Gasteiger partial charge in [0.15, 0.2) is 0 Å². The number of carbonyl (C=O) groups excluding carboxylic acids is 2. The molecule has 1 unspecified atom stereocenters. The van der Waals surface area contributed by atoms with Gasteiger partial charge in [-0.05, 0) is 44.0 Å². The summed E-state index contributed by atoms with van der Waals surface area (Å²) in [5, 5.41) is 3.88. The lowest BCUT2D eigenvalue weighted by molar-refractivity contribution is -0.149. The van der Waals surface area contributed by atoms with E-state index in [1.165, 1.54) is 18.2 Å². The maximum atomic E-state index is 13.0. The largest absolute Gasteiger partial charge is 0.466 e. The first-order valence-electron chi connectivity index (χ1n) is 8.27. The molecule has 1 amide bonds. The molecule has 25 heavy (non-hydrogen) atoms. The Hall–Kier alpha value is -2.70. The summed E-state index contributed by atoms with van der Waals surface area (Å²) < 4.78 is 23.2.